The topological polar surface area (TPSA) is 9.23 Å². The van der Waals surface area contributed by atoms with E-state index in [1.807, 2.05) is 0 Å². The van der Waals surface area contributed by atoms with Crippen molar-refractivity contribution in [2.45, 2.75) is 39.0 Å². The fourth-order valence-electron chi connectivity index (χ4n) is 3.36. The molecule has 3 rings (SSSR count). The van der Waals surface area contributed by atoms with Crippen molar-refractivity contribution in [1.29, 1.82) is 0 Å². The van der Waals surface area contributed by atoms with Crippen LogP contribution < -0.4 is 4.74 Å². The Kier molecular flexibility index (Phi) is 3.52. The predicted octanol–water partition coefficient (Wildman–Crippen LogP) is 5.37. The summed E-state index contributed by atoms with van der Waals surface area (Å²) in [5.74, 6) is 1.58. The predicted molar refractivity (Wildman–Crippen MR) is 85.6 cm³/mol. The quantitative estimate of drug-likeness (QED) is 0.664. The molecule has 0 fully saturated rings. The van der Waals surface area contributed by atoms with Gasteiger partial charge >= 0.3 is 0 Å². The Hall–Kier alpha value is -1.76. The lowest BCUT2D eigenvalue weighted by molar-refractivity contribution is 0.410. The molecule has 104 valence electrons. The van der Waals surface area contributed by atoms with E-state index in [0.29, 0.717) is 5.92 Å². The molecule has 2 aromatic carbocycles. The van der Waals surface area contributed by atoms with Gasteiger partial charge in [-0.1, -0.05) is 47.5 Å². The minimum atomic E-state index is 0.518. The third-order valence-corrected chi connectivity index (χ3v) is 4.45. The molecule has 1 heteroatoms. The normalized spacial score (nSPS) is 18.9. The fraction of sp³-hybridized carbons (Fsp3) is 0.368. The van der Waals surface area contributed by atoms with Crippen LogP contribution in [0.15, 0.2) is 42.0 Å². The largest absolute Gasteiger partial charge is 0.496 e. The van der Waals surface area contributed by atoms with Gasteiger partial charge in [0.25, 0.3) is 0 Å². The van der Waals surface area contributed by atoms with Crippen molar-refractivity contribution < 1.29 is 4.74 Å². The third kappa shape index (κ3) is 2.22. The van der Waals surface area contributed by atoms with E-state index in [0.717, 1.165) is 5.75 Å². The zero-order valence-electron chi connectivity index (χ0n) is 12.6. The Labute approximate surface area is 121 Å². The molecule has 0 radical (unpaired) electrons. The molecule has 0 saturated carbocycles. The lowest BCUT2D eigenvalue weighted by Gasteiger charge is -2.25. The number of ether oxygens (including phenoxy) is 1. The summed E-state index contributed by atoms with van der Waals surface area (Å²) in [4.78, 5) is 0. The molecule has 1 aliphatic rings. The van der Waals surface area contributed by atoms with Crippen LogP contribution in [0.25, 0.3) is 10.8 Å². The summed E-state index contributed by atoms with van der Waals surface area (Å²) in [7, 11) is 1.79. The zero-order valence-corrected chi connectivity index (χ0v) is 12.6. The molecule has 0 saturated heterocycles. The van der Waals surface area contributed by atoms with Crippen molar-refractivity contribution in [3.63, 3.8) is 0 Å². The molecule has 0 heterocycles. The monoisotopic (exact) mass is 266 g/mol. The van der Waals surface area contributed by atoms with Gasteiger partial charge in [0.1, 0.15) is 5.75 Å². The van der Waals surface area contributed by atoms with E-state index in [-0.39, 0.29) is 0 Å². The number of methoxy groups -OCH3 is 1. The van der Waals surface area contributed by atoms with Gasteiger partial charge in [0.15, 0.2) is 0 Å². The first-order chi connectivity index (χ1) is 9.70. The van der Waals surface area contributed by atoms with Crippen LogP contribution in [-0.2, 0) is 0 Å². The molecule has 0 aromatic heterocycles. The minimum Gasteiger partial charge on any atom is -0.496 e. The van der Waals surface area contributed by atoms with Crippen LogP contribution in [0.5, 0.6) is 5.75 Å². The van der Waals surface area contributed by atoms with Crippen LogP contribution in [0.3, 0.4) is 0 Å². The van der Waals surface area contributed by atoms with Crippen LogP contribution in [0, 0.1) is 6.92 Å². The van der Waals surface area contributed by atoms with E-state index >= 15 is 0 Å². The van der Waals surface area contributed by atoms with Gasteiger partial charge in [0.05, 0.1) is 7.11 Å². The Balaban J connectivity index is 2.18. The molecule has 0 aliphatic heterocycles. The number of benzene rings is 2. The average molecular weight is 266 g/mol. The number of hydrogen-bond acceptors (Lipinski definition) is 1. The lowest BCUT2D eigenvalue weighted by atomic mass is 9.82. The molecular formula is C19H22O. The first kappa shape index (κ1) is 13.2. The van der Waals surface area contributed by atoms with Gasteiger partial charge < -0.3 is 4.74 Å². The van der Waals surface area contributed by atoms with Gasteiger partial charge in [-0.25, -0.2) is 0 Å². The summed E-state index contributed by atoms with van der Waals surface area (Å²) in [6.45, 7) is 4.39. The van der Waals surface area contributed by atoms with Crippen LogP contribution in [0.1, 0.15) is 43.2 Å². The second-order valence-electron chi connectivity index (χ2n) is 5.84. The first-order valence-electron chi connectivity index (χ1n) is 7.44. The Morgan fingerprint density at radius 1 is 1.10 bits per heavy atom. The van der Waals surface area contributed by atoms with Crippen molar-refractivity contribution >= 4 is 10.8 Å². The number of rotatable bonds is 2. The van der Waals surface area contributed by atoms with Crippen LogP contribution in [0.4, 0.5) is 0 Å². The van der Waals surface area contributed by atoms with Crippen LogP contribution in [-0.4, -0.2) is 7.11 Å². The van der Waals surface area contributed by atoms with Gasteiger partial charge in [-0.2, -0.15) is 0 Å². The highest BCUT2D eigenvalue weighted by Crippen LogP contribution is 2.41. The molecule has 0 amide bonds. The van der Waals surface area contributed by atoms with E-state index in [9.17, 15) is 0 Å². The highest BCUT2D eigenvalue weighted by molar-refractivity contribution is 5.90. The van der Waals surface area contributed by atoms with Crippen molar-refractivity contribution in [1.82, 2.24) is 0 Å². The molecule has 1 aliphatic carbocycles. The van der Waals surface area contributed by atoms with Gasteiger partial charge in [-0.3, -0.25) is 0 Å². The second kappa shape index (κ2) is 5.32. The molecule has 1 atom stereocenters. The van der Waals surface area contributed by atoms with Gasteiger partial charge in [0.2, 0.25) is 0 Å². The van der Waals surface area contributed by atoms with E-state index in [1.165, 1.54) is 46.7 Å². The molecule has 0 N–H and O–H groups in total. The van der Waals surface area contributed by atoms with E-state index < -0.39 is 0 Å². The lowest BCUT2D eigenvalue weighted by Crippen LogP contribution is -2.07. The van der Waals surface area contributed by atoms with Crippen molar-refractivity contribution in [3.8, 4) is 5.75 Å². The molecular weight excluding hydrogens is 244 g/mol. The maximum absolute atomic E-state index is 5.77. The van der Waals surface area contributed by atoms with Gasteiger partial charge in [-0.15, -0.1) is 0 Å². The molecule has 1 nitrogen and oxygen atoms in total. The third-order valence-electron chi connectivity index (χ3n) is 4.45. The first-order valence-corrected chi connectivity index (χ1v) is 7.44. The minimum absolute atomic E-state index is 0.518. The summed E-state index contributed by atoms with van der Waals surface area (Å²) >= 11 is 0. The Morgan fingerprint density at radius 2 is 1.95 bits per heavy atom. The van der Waals surface area contributed by atoms with E-state index in [2.05, 4.69) is 50.3 Å². The molecule has 0 spiro atoms. The van der Waals surface area contributed by atoms with E-state index in [1.54, 1.807) is 7.11 Å². The van der Waals surface area contributed by atoms with Gasteiger partial charge in [0, 0.05) is 16.9 Å². The highest BCUT2D eigenvalue weighted by atomic mass is 16.5. The number of hydrogen-bond donors (Lipinski definition) is 0. The summed E-state index contributed by atoms with van der Waals surface area (Å²) in [6, 6.07) is 11.1. The maximum Gasteiger partial charge on any atom is 0.130 e. The SMILES string of the molecule is COc1c(C2CCCC=C2C)ccc2cc(C)ccc12. The Bertz CT molecular complexity index is 667. The zero-order chi connectivity index (χ0) is 14.1. The van der Waals surface area contributed by atoms with Gasteiger partial charge in [-0.05, 0) is 38.5 Å². The van der Waals surface area contributed by atoms with Crippen molar-refractivity contribution in [3.05, 3.63) is 53.1 Å². The van der Waals surface area contributed by atoms with Crippen molar-refractivity contribution in [2.24, 2.45) is 0 Å². The summed E-state index contributed by atoms with van der Waals surface area (Å²) in [5.41, 5.74) is 4.12. The number of aryl methyl sites for hydroxylation is 1. The number of allylic oxidation sites excluding steroid dienone is 2. The van der Waals surface area contributed by atoms with E-state index in [4.69, 9.17) is 4.74 Å². The summed E-state index contributed by atoms with van der Waals surface area (Å²) < 4.78 is 5.77. The van der Waals surface area contributed by atoms with Crippen molar-refractivity contribution in [2.75, 3.05) is 7.11 Å². The van der Waals surface area contributed by atoms with Crippen LogP contribution in [0.2, 0.25) is 0 Å². The average Bonchev–Trinajstić information content (AvgIpc) is 2.46. The summed E-state index contributed by atoms with van der Waals surface area (Å²) in [6.07, 6.45) is 6.11. The smallest absolute Gasteiger partial charge is 0.130 e. The molecule has 2 aromatic rings. The fourth-order valence-corrected chi connectivity index (χ4v) is 3.36. The molecule has 0 bridgehead atoms. The van der Waals surface area contributed by atoms with Crippen LogP contribution >= 0.6 is 0 Å². The highest BCUT2D eigenvalue weighted by Gasteiger charge is 2.21. The molecule has 20 heavy (non-hydrogen) atoms. The standard InChI is InChI=1S/C19H22O/c1-13-8-10-17-15(12-13)9-11-18(19(17)20-3)16-7-5-4-6-14(16)2/h6,8-12,16H,4-5,7H2,1-3H3. The number of fused-ring (bicyclic) bond motifs is 1. The Morgan fingerprint density at radius 3 is 2.70 bits per heavy atom. The summed E-state index contributed by atoms with van der Waals surface area (Å²) in [5, 5.41) is 2.50. The maximum atomic E-state index is 5.77. The molecule has 1 unspecified atom stereocenters. The second-order valence-corrected chi connectivity index (χ2v) is 5.84.